The first-order chi connectivity index (χ1) is 14.1. The molecule has 2 heterocycles. The van der Waals surface area contributed by atoms with Gasteiger partial charge in [-0.3, -0.25) is 9.69 Å². The lowest BCUT2D eigenvalue weighted by Crippen LogP contribution is -2.52. The molecule has 1 atom stereocenters. The topological polar surface area (TPSA) is 44.8 Å². The molecule has 4 rings (SSSR count). The highest BCUT2D eigenvalue weighted by atomic mass is 35.5. The largest absolute Gasteiger partial charge is 0.493 e. The van der Waals surface area contributed by atoms with E-state index in [0.29, 0.717) is 19.1 Å². The zero-order valence-corrected chi connectivity index (χ0v) is 17.6. The molecule has 1 fully saturated rings. The third-order valence-corrected chi connectivity index (χ3v) is 5.99. The summed E-state index contributed by atoms with van der Waals surface area (Å²) in [6, 6.07) is 14.6. The summed E-state index contributed by atoms with van der Waals surface area (Å²) >= 11 is 6.01. The molecular weight excluding hydrogens is 386 g/mol. The zero-order valence-electron chi connectivity index (χ0n) is 16.9. The van der Waals surface area contributed by atoms with Crippen molar-refractivity contribution in [1.82, 2.24) is 4.90 Å². The molecule has 2 aromatic rings. The zero-order chi connectivity index (χ0) is 20.2. The highest BCUT2D eigenvalue weighted by Crippen LogP contribution is 2.27. The minimum absolute atomic E-state index is 0.0847. The maximum atomic E-state index is 11.6. The van der Waals surface area contributed by atoms with E-state index in [1.54, 1.807) is 0 Å². The Hall–Kier alpha value is -2.24. The van der Waals surface area contributed by atoms with Crippen LogP contribution in [0.25, 0.3) is 0 Å². The lowest BCUT2D eigenvalue weighted by atomic mass is 10.0. The minimum atomic E-state index is 0.0847. The van der Waals surface area contributed by atoms with Crippen molar-refractivity contribution in [3.05, 3.63) is 53.1 Å². The number of fused-ring (bicyclic) bond motifs is 1. The van der Waals surface area contributed by atoms with Crippen LogP contribution in [0.2, 0.25) is 5.02 Å². The van der Waals surface area contributed by atoms with Crippen molar-refractivity contribution in [2.45, 2.75) is 32.2 Å². The smallest absolute Gasteiger partial charge is 0.224 e. The number of rotatable bonds is 6. The van der Waals surface area contributed by atoms with E-state index in [1.165, 1.54) is 11.3 Å². The SMILES string of the molecule is CC1CN(CCCOc2ccc3c(c2)NC(=O)CC3)CCN1c1ccc(Cl)cc1. The molecule has 29 heavy (non-hydrogen) atoms. The van der Waals surface area contributed by atoms with E-state index in [-0.39, 0.29) is 5.91 Å². The molecule has 0 radical (unpaired) electrons. The number of anilines is 2. The number of aryl methyl sites for hydroxylation is 1. The summed E-state index contributed by atoms with van der Waals surface area (Å²) in [7, 11) is 0. The van der Waals surface area contributed by atoms with Crippen molar-refractivity contribution in [3.8, 4) is 5.75 Å². The fourth-order valence-electron chi connectivity index (χ4n) is 4.17. The molecule has 1 amide bonds. The number of benzene rings is 2. The summed E-state index contributed by atoms with van der Waals surface area (Å²) < 4.78 is 5.93. The van der Waals surface area contributed by atoms with Gasteiger partial charge in [0.15, 0.2) is 0 Å². The predicted octanol–water partition coefficient (Wildman–Crippen LogP) is 4.20. The van der Waals surface area contributed by atoms with Crippen LogP contribution >= 0.6 is 11.6 Å². The normalized spacial score (nSPS) is 19.6. The van der Waals surface area contributed by atoms with Crippen molar-refractivity contribution in [3.63, 3.8) is 0 Å². The maximum Gasteiger partial charge on any atom is 0.224 e. The van der Waals surface area contributed by atoms with Crippen molar-refractivity contribution in [1.29, 1.82) is 0 Å². The quantitative estimate of drug-likeness (QED) is 0.721. The molecule has 2 aliphatic heterocycles. The molecule has 0 saturated carbocycles. The van der Waals surface area contributed by atoms with Crippen LogP contribution in [0.5, 0.6) is 5.75 Å². The van der Waals surface area contributed by atoms with E-state index in [2.05, 4.69) is 40.2 Å². The van der Waals surface area contributed by atoms with Crippen LogP contribution < -0.4 is 15.0 Å². The van der Waals surface area contributed by atoms with E-state index >= 15 is 0 Å². The summed E-state index contributed by atoms with van der Waals surface area (Å²) in [5.74, 6) is 0.911. The van der Waals surface area contributed by atoms with Gasteiger partial charge >= 0.3 is 0 Å². The van der Waals surface area contributed by atoms with E-state index in [4.69, 9.17) is 16.3 Å². The van der Waals surface area contributed by atoms with Gasteiger partial charge in [0, 0.05) is 61.1 Å². The van der Waals surface area contributed by atoms with Crippen molar-refractivity contribution >= 4 is 28.9 Å². The van der Waals surface area contributed by atoms with Crippen LogP contribution in [-0.2, 0) is 11.2 Å². The fraction of sp³-hybridized carbons (Fsp3) is 0.435. The number of carbonyl (C=O) groups is 1. The fourth-order valence-corrected chi connectivity index (χ4v) is 4.30. The molecule has 5 nitrogen and oxygen atoms in total. The number of nitrogens with zero attached hydrogens (tertiary/aromatic N) is 2. The van der Waals surface area contributed by atoms with Crippen LogP contribution in [0.15, 0.2) is 42.5 Å². The summed E-state index contributed by atoms with van der Waals surface area (Å²) in [6.07, 6.45) is 2.36. The van der Waals surface area contributed by atoms with Crippen molar-refractivity contribution in [2.24, 2.45) is 0 Å². The van der Waals surface area contributed by atoms with Gasteiger partial charge in [-0.05, 0) is 55.7 Å². The van der Waals surface area contributed by atoms with Crippen molar-refractivity contribution < 1.29 is 9.53 Å². The standard InChI is InChI=1S/C23H28ClN3O2/c1-17-16-26(12-13-27(17)20-7-5-19(24)6-8-20)11-2-14-29-21-9-3-18-4-10-23(28)25-22(18)15-21/h3,5-9,15,17H,2,4,10-14,16H2,1H3,(H,25,28). The molecule has 6 heteroatoms. The Morgan fingerprint density at radius 1 is 1.14 bits per heavy atom. The van der Waals surface area contributed by atoms with Crippen LogP contribution in [0, 0.1) is 0 Å². The van der Waals surface area contributed by atoms with E-state index in [9.17, 15) is 4.79 Å². The first-order valence-corrected chi connectivity index (χ1v) is 10.8. The summed E-state index contributed by atoms with van der Waals surface area (Å²) in [4.78, 5) is 16.5. The number of ether oxygens (including phenoxy) is 1. The highest BCUT2D eigenvalue weighted by Gasteiger charge is 2.23. The number of carbonyl (C=O) groups excluding carboxylic acids is 1. The lowest BCUT2D eigenvalue weighted by Gasteiger charge is -2.41. The van der Waals surface area contributed by atoms with Crippen LogP contribution in [0.3, 0.4) is 0 Å². The summed E-state index contributed by atoms with van der Waals surface area (Å²) in [5, 5.41) is 3.71. The number of piperazine rings is 1. The molecule has 1 unspecified atom stereocenters. The highest BCUT2D eigenvalue weighted by molar-refractivity contribution is 6.30. The van der Waals surface area contributed by atoms with E-state index in [0.717, 1.165) is 55.5 Å². The number of halogens is 1. The first kappa shape index (κ1) is 20.0. The maximum absolute atomic E-state index is 11.6. The first-order valence-electron chi connectivity index (χ1n) is 10.4. The number of nitrogens with one attached hydrogen (secondary N) is 1. The van der Waals surface area contributed by atoms with Gasteiger partial charge in [0.1, 0.15) is 5.75 Å². The van der Waals surface area contributed by atoms with Crippen LogP contribution in [0.1, 0.15) is 25.3 Å². The Kier molecular flexibility index (Phi) is 6.26. The molecular formula is C23H28ClN3O2. The Morgan fingerprint density at radius 3 is 2.76 bits per heavy atom. The van der Waals surface area contributed by atoms with Crippen molar-refractivity contribution in [2.75, 3.05) is 43.0 Å². The van der Waals surface area contributed by atoms with Gasteiger partial charge in [-0.1, -0.05) is 17.7 Å². The third-order valence-electron chi connectivity index (χ3n) is 5.73. The second-order valence-corrected chi connectivity index (χ2v) is 8.33. The van der Waals surface area contributed by atoms with E-state index in [1.807, 2.05) is 24.3 Å². The molecule has 154 valence electrons. The number of hydrogen-bond donors (Lipinski definition) is 1. The average molecular weight is 414 g/mol. The average Bonchev–Trinajstić information content (AvgIpc) is 2.72. The van der Waals surface area contributed by atoms with Gasteiger partial charge in [-0.2, -0.15) is 0 Å². The molecule has 0 bridgehead atoms. The predicted molar refractivity (Wildman–Crippen MR) is 118 cm³/mol. The molecule has 0 spiro atoms. The molecule has 2 aromatic carbocycles. The van der Waals surface area contributed by atoms with Crippen LogP contribution in [-0.4, -0.2) is 49.6 Å². The summed E-state index contributed by atoms with van der Waals surface area (Å²) in [5.41, 5.74) is 3.32. The van der Waals surface area contributed by atoms with Gasteiger partial charge < -0.3 is 15.0 Å². The molecule has 0 aromatic heterocycles. The molecule has 0 aliphatic carbocycles. The van der Waals surface area contributed by atoms with Gasteiger partial charge in [0.25, 0.3) is 0 Å². The van der Waals surface area contributed by atoms with Crippen LogP contribution in [0.4, 0.5) is 11.4 Å². The second kappa shape index (κ2) is 9.06. The molecule has 1 N–H and O–H groups in total. The summed E-state index contributed by atoms with van der Waals surface area (Å²) in [6.45, 7) is 7.11. The Bertz CT molecular complexity index is 856. The number of amides is 1. The van der Waals surface area contributed by atoms with Gasteiger partial charge in [-0.15, -0.1) is 0 Å². The third kappa shape index (κ3) is 5.03. The Balaban J connectivity index is 1.21. The monoisotopic (exact) mass is 413 g/mol. The Labute approximate surface area is 177 Å². The minimum Gasteiger partial charge on any atom is -0.493 e. The lowest BCUT2D eigenvalue weighted by molar-refractivity contribution is -0.116. The second-order valence-electron chi connectivity index (χ2n) is 7.89. The molecule has 2 aliphatic rings. The van der Waals surface area contributed by atoms with Gasteiger partial charge in [-0.25, -0.2) is 0 Å². The molecule has 1 saturated heterocycles. The van der Waals surface area contributed by atoms with Gasteiger partial charge in [0.05, 0.1) is 6.61 Å². The Morgan fingerprint density at radius 2 is 1.97 bits per heavy atom. The van der Waals surface area contributed by atoms with Gasteiger partial charge in [0.2, 0.25) is 5.91 Å². The number of hydrogen-bond acceptors (Lipinski definition) is 4. The van der Waals surface area contributed by atoms with E-state index < -0.39 is 0 Å².